The number of aromatic nitrogens is 2. The fourth-order valence-corrected chi connectivity index (χ4v) is 3.26. The van der Waals surface area contributed by atoms with E-state index in [1.807, 2.05) is 24.5 Å². The number of phenols is 1. The lowest BCUT2D eigenvalue weighted by molar-refractivity contribution is -0.162. The SMILES string of the molecule is Oc1ccc(-c2ncc(CCCCCCCOC3CCCCO3)cn2)cc1. The monoisotopic (exact) mass is 370 g/mol. The van der Waals surface area contributed by atoms with Crippen LogP contribution in [0.1, 0.15) is 56.9 Å². The fourth-order valence-electron chi connectivity index (χ4n) is 3.26. The van der Waals surface area contributed by atoms with Crippen LogP contribution in [0, 0.1) is 0 Å². The number of hydrogen-bond donors (Lipinski definition) is 1. The molecule has 0 saturated carbocycles. The number of benzene rings is 1. The van der Waals surface area contributed by atoms with Crippen LogP contribution >= 0.6 is 0 Å². The number of phenolic OH excluding ortho intramolecular Hbond substituents is 1. The Morgan fingerprint density at radius 3 is 2.44 bits per heavy atom. The maximum atomic E-state index is 9.34. The molecule has 1 saturated heterocycles. The average Bonchev–Trinajstić information content (AvgIpc) is 2.72. The lowest BCUT2D eigenvalue weighted by Gasteiger charge is -2.22. The molecule has 1 aliphatic heterocycles. The largest absolute Gasteiger partial charge is 0.508 e. The first-order chi connectivity index (χ1) is 13.3. The number of ether oxygens (including phenoxy) is 2. The summed E-state index contributed by atoms with van der Waals surface area (Å²) in [6.45, 7) is 1.67. The van der Waals surface area contributed by atoms with Crippen molar-refractivity contribution in [2.75, 3.05) is 13.2 Å². The minimum absolute atomic E-state index is 0.0447. The summed E-state index contributed by atoms with van der Waals surface area (Å²) < 4.78 is 11.3. The molecule has 5 nitrogen and oxygen atoms in total. The Morgan fingerprint density at radius 1 is 0.963 bits per heavy atom. The highest BCUT2D eigenvalue weighted by atomic mass is 16.7. The molecule has 1 aromatic heterocycles. The molecule has 5 heteroatoms. The van der Waals surface area contributed by atoms with Crippen molar-refractivity contribution in [3.05, 3.63) is 42.2 Å². The Kier molecular flexibility index (Phi) is 8.05. The van der Waals surface area contributed by atoms with Crippen molar-refractivity contribution in [2.45, 2.75) is 64.1 Å². The van der Waals surface area contributed by atoms with Gasteiger partial charge >= 0.3 is 0 Å². The quantitative estimate of drug-likeness (QED) is 0.604. The molecule has 0 aliphatic carbocycles. The highest BCUT2D eigenvalue weighted by Gasteiger charge is 2.13. The molecule has 1 atom stereocenters. The van der Waals surface area contributed by atoms with Crippen LogP contribution in [0.2, 0.25) is 0 Å². The van der Waals surface area contributed by atoms with Gasteiger partial charge in [0.2, 0.25) is 0 Å². The minimum Gasteiger partial charge on any atom is -0.508 e. The highest BCUT2D eigenvalue weighted by Crippen LogP contribution is 2.18. The Bertz CT molecular complexity index is 652. The van der Waals surface area contributed by atoms with E-state index in [1.54, 1.807) is 12.1 Å². The third-order valence-corrected chi connectivity index (χ3v) is 4.88. The van der Waals surface area contributed by atoms with Crippen LogP contribution in [0.4, 0.5) is 0 Å². The molecule has 2 aromatic rings. The van der Waals surface area contributed by atoms with Crippen LogP contribution in [0.5, 0.6) is 5.75 Å². The van der Waals surface area contributed by atoms with Gasteiger partial charge in [-0.05, 0) is 68.4 Å². The molecule has 1 aromatic carbocycles. The molecule has 0 radical (unpaired) electrons. The summed E-state index contributed by atoms with van der Waals surface area (Å²) >= 11 is 0. The van der Waals surface area contributed by atoms with Crippen molar-refractivity contribution in [3.63, 3.8) is 0 Å². The van der Waals surface area contributed by atoms with E-state index in [1.165, 1.54) is 37.7 Å². The number of rotatable bonds is 10. The zero-order valence-electron chi connectivity index (χ0n) is 16.0. The van der Waals surface area contributed by atoms with E-state index < -0.39 is 0 Å². The first-order valence-electron chi connectivity index (χ1n) is 10.1. The molecule has 1 unspecified atom stereocenters. The second kappa shape index (κ2) is 11.0. The molecule has 1 aliphatic rings. The Morgan fingerprint density at radius 2 is 1.70 bits per heavy atom. The number of nitrogens with zero attached hydrogens (tertiary/aromatic N) is 2. The van der Waals surface area contributed by atoms with E-state index >= 15 is 0 Å². The molecule has 1 fully saturated rings. The van der Waals surface area contributed by atoms with Gasteiger partial charge in [0, 0.05) is 31.2 Å². The van der Waals surface area contributed by atoms with Gasteiger partial charge in [0.1, 0.15) is 5.75 Å². The fraction of sp³-hybridized carbons (Fsp3) is 0.545. The normalized spacial score (nSPS) is 17.1. The van der Waals surface area contributed by atoms with Gasteiger partial charge < -0.3 is 14.6 Å². The molecule has 1 N–H and O–H groups in total. The van der Waals surface area contributed by atoms with Crippen LogP contribution in [-0.2, 0) is 15.9 Å². The molecule has 2 heterocycles. The van der Waals surface area contributed by atoms with Crippen molar-refractivity contribution in [1.29, 1.82) is 0 Å². The van der Waals surface area contributed by atoms with E-state index in [0.717, 1.165) is 44.5 Å². The zero-order chi connectivity index (χ0) is 18.7. The summed E-state index contributed by atoms with van der Waals surface area (Å²) in [5.41, 5.74) is 2.09. The first kappa shape index (κ1) is 19.8. The number of aryl methyl sites for hydroxylation is 1. The summed E-state index contributed by atoms with van der Waals surface area (Å²) in [4.78, 5) is 8.88. The Balaban J connectivity index is 1.25. The lowest BCUT2D eigenvalue weighted by Crippen LogP contribution is -2.22. The maximum Gasteiger partial charge on any atom is 0.159 e. The standard InChI is InChI=1S/C22H30N2O3/c25-20-12-10-19(11-13-20)22-23-16-18(17-24-22)8-4-2-1-3-6-14-26-21-9-5-7-15-27-21/h10-13,16-17,21,25H,1-9,14-15H2. The van der Waals surface area contributed by atoms with Gasteiger partial charge in [-0.3, -0.25) is 0 Å². The molecule has 3 rings (SSSR count). The molecule has 27 heavy (non-hydrogen) atoms. The van der Waals surface area contributed by atoms with Crippen molar-refractivity contribution in [3.8, 4) is 17.1 Å². The third-order valence-electron chi connectivity index (χ3n) is 4.88. The maximum absolute atomic E-state index is 9.34. The second-order valence-corrected chi connectivity index (χ2v) is 7.15. The van der Waals surface area contributed by atoms with Crippen LogP contribution in [0.3, 0.4) is 0 Å². The van der Waals surface area contributed by atoms with Crippen LogP contribution < -0.4 is 0 Å². The number of aromatic hydroxyl groups is 1. The van der Waals surface area contributed by atoms with Crippen LogP contribution in [0.15, 0.2) is 36.7 Å². The summed E-state index contributed by atoms with van der Waals surface area (Å²) in [7, 11) is 0. The topological polar surface area (TPSA) is 64.5 Å². The number of unbranched alkanes of at least 4 members (excludes halogenated alkanes) is 4. The van der Waals surface area contributed by atoms with E-state index in [0.29, 0.717) is 5.82 Å². The zero-order valence-corrected chi connectivity index (χ0v) is 16.0. The predicted octanol–water partition coefficient (Wildman–Crippen LogP) is 4.89. The van der Waals surface area contributed by atoms with Crippen molar-refractivity contribution >= 4 is 0 Å². The van der Waals surface area contributed by atoms with Gasteiger partial charge in [0.05, 0.1) is 0 Å². The first-order valence-corrected chi connectivity index (χ1v) is 10.1. The molecule has 0 amide bonds. The van der Waals surface area contributed by atoms with Crippen molar-refractivity contribution in [1.82, 2.24) is 9.97 Å². The summed E-state index contributed by atoms with van der Waals surface area (Å²) in [6.07, 6.45) is 14.3. The van der Waals surface area contributed by atoms with Gasteiger partial charge in [0.15, 0.2) is 12.1 Å². The summed E-state index contributed by atoms with van der Waals surface area (Å²) in [5, 5.41) is 9.34. The minimum atomic E-state index is 0.0447. The molecular formula is C22H30N2O3. The van der Waals surface area contributed by atoms with Gasteiger partial charge in [-0.25, -0.2) is 9.97 Å². The van der Waals surface area contributed by atoms with Gasteiger partial charge in [0.25, 0.3) is 0 Å². The van der Waals surface area contributed by atoms with E-state index in [9.17, 15) is 5.11 Å². The van der Waals surface area contributed by atoms with Crippen molar-refractivity contribution in [2.24, 2.45) is 0 Å². The number of hydrogen-bond acceptors (Lipinski definition) is 5. The second-order valence-electron chi connectivity index (χ2n) is 7.15. The molecule has 0 bridgehead atoms. The smallest absolute Gasteiger partial charge is 0.159 e. The van der Waals surface area contributed by atoms with Crippen molar-refractivity contribution < 1.29 is 14.6 Å². The van der Waals surface area contributed by atoms with Gasteiger partial charge in [-0.1, -0.05) is 19.3 Å². The third kappa shape index (κ3) is 6.92. The molecule has 0 spiro atoms. The van der Waals surface area contributed by atoms with Gasteiger partial charge in [-0.2, -0.15) is 0 Å². The van der Waals surface area contributed by atoms with E-state index in [-0.39, 0.29) is 12.0 Å². The van der Waals surface area contributed by atoms with E-state index in [4.69, 9.17) is 9.47 Å². The predicted molar refractivity (Wildman–Crippen MR) is 105 cm³/mol. The Labute approximate surface area is 161 Å². The molecule has 146 valence electrons. The molecular weight excluding hydrogens is 340 g/mol. The van der Waals surface area contributed by atoms with Crippen LogP contribution in [-0.4, -0.2) is 34.6 Å². The summed E-state index contributed by atoms with van der Waals surface area (Å²) in [5.74, 6) is 0.949. The summed E-state index contributed by atoms with van der Waals surface area (Å²) in [6, 6.07) is 6.96. The lowest BCUT2D eigenvalue weighted by atomic mass is 10.1. The van der Waals surface area contributed by atoms with Crippen LogP contribution in [0.25, 0.3) is 11.4 Å². The Hall–Kier alpha value is -1.98. The average molecular weight is 370 g/mol. The van der Waals surface area contributed by atoms with E-state index in [2.05, 4.69) is 9.97 Å². The highest BCUT2D eigenvalue weighted by molar-refractivity contribution is 5.55. The van der Waals surface area contributed by atoms with Gasteiger partial charge in [-0.15, -0.1) is 0 Å².